The summed E-state index contributed by atoms with van der Waals surface area (Å²) in [5, 5.41) is 0. The highest BCUT2D eigenvalue weighted by atomic mass is 79.9. The maximum Gasteiger partial charge on any atom is 0.214 e. The Bertz CT molecular complexity index is 689. The molecule has 0 unspecified atom stereocenters. The van der Waals surface area contributed by atoms with E-state index in [2.05, 4.69) is 38.2 Å². The van der Waals surface area contributed by atoms with Gasteiger partial charge in [0.25, 0.3) is 0 Å². The number of piperazine rings is 1. The van der Waals surface area contributed by atoms with Crippen molar-refractivity contribution in [1.29, 1.82) is 0 Å². The number of halogens is 1. The standard InChI is InChI=1S/C26H47N2O2S.BrH/c1-3-4-5-6-7-8-9-10-11-12-13-17-24-31(29,30)27-20-22-28(2,23-21-27)25-26-18-15-14-16-19-26;/h14-16,18-19H,3-13,17,20-25H2,1-2H3;1H/q+1;/p-1. The monoisotopic (exact) mass is 530 g/mol. The van der Waals surface area contributed by atoms with E-state index in [0.29, 0.717) is 18.8 Å². The molecule has 2 rings (SSSR count). The van der Waals surface area contributed by atoms with E-state index in [-0.39, 0.29) is 17.0 Å². The SMILES string of the molecule is CCCCCCCCCCCCCCS(=O)(=O)N1CC[N+](C)(Cc2ccccc2)CC1.[Br-]. The zero-order chi connectivity index (χ0) is 22.4. The Hall–Kier alpha value is -0.430. The van der Waals surface area contributed by atoms with Gasteiger partial charge in [-0.2, -0.15) is 4.31 Å². The summed E-state index contributed by atoms with van der Waals surface area (Å²) in [6.07, 6.45) is 15.2. The Labute approximate surface area is 209 Å². The molecule has 6 heteroatoms. The van der Waals surface area contributed by atoms with Crippen molar-refractivity contribution in [1.82, 2.24) is 4.31 Å². The second-order valence-corrected chi connectivity index (χ2v) is 11.9. The van der Waals surface area contributed by atoms with Crippen LogP contribution in [-0.4, -0.2) is 56.2 Å². The minimum absolute atomic E-state index is 0. The summed E-state index contributed by atoms with van der Waals surface area (Å²) in [5.74, 6) is 0.326. The maximum atomic E-state index is 12.8. The van der Waals surface area contributed by atoms with E-state index >= 15 is 0 Å². The summed E-state index contributed by atoms with van der Waals surface area (Å²) in [6.45, 7) is 6.35. The molecule has 186 valence electrons. The topological polar surface area (TPSA) is 37.4 Å². The van der Waals surface area contributed by atoms with E-state index in [0.717, 1.165) is 37.0 Å². The van der Waals surface area contributed by atoms with Crippen molar-refractivity contribution >= 4 is 10.0 Å². The Kier molecular flexibility index (Phi) is 15.0. The lowest BCUT2D eigenvalue weighted by molar-refractivity contribution is -0.925. The fourth-order valence-corrected chi connectivity index (χ4v) is 6.19. The van der Waals surface area contributed by atoms with E-state index in [1.807, 2.05) is 6.07 Å². The molecule has 0 radical (unpaired) electrons. The zero-order valence-electron chi connectivity index (χ0n) is 20.6. The van der Waals surface area contributed by atoms with Crippen molar-refractivity contribution in [3.05, 3.63) is 35.9 Å². The predicted octanol–water partition coefficient (Wildman–Crippen LogP) is 2.98. The Balaban J connectivity index is 0.00000512. The van der Waals surface area contributed by atoms with Crippen LogP contribution in [0.3, 0.4) is 0 Å². The predicted molar refractivity (Wildman–Crippen MR) is 133 cm³/mol. The summed E-state index contributed by atoms with van der Waals surface area (Å²) in [7, 11) is -0.843. The molecule has 1 aliphatic rings. The number of hydrogen-bond acceptors (Lipinski definition) is 2. The number of unbranched alkanes of at least 4 members (excludes halogenated alkanes) is 11. The zero-order valence-corrected chi connectivity index (χ0v) is 23.0. The van der Waals surface area contributed by atoms with E-state index in [9.17, 15) is 8.42 Å². The first-order chi connectivity index (χ1) is 15.0. The van der Waals surface area contributed by atoms with Gasteiger partial charge in [-0.15, -0.1) is 0 Å². The second-order valence-electron chi connectivity index (χ2n) is 9.81. The van der Waals surface area contributed by atoms with Crippen LogP contribution in [0.5, 0.6) is 0 Å². The molecule has 32 heavy (non-hydrogen) atoms. The summed E-state index contributed by atoms with van der Waals surface area (Å²) in [5.41, 5.74) is 1.33. The minimum Gasteiger partial charge on any atom is -1.00 e. The number of nitrogens with zero attached hydrogens (tertiary/aromatic N) is 2. The summed E-state index contributed by atoms with van der Waals surface area (Å²) in [4.78, 5) is 0. The lowest BCUT2D eigenvalue weighted by atomic mass is 10.1. The van der Waals surface area contributed by atoms with Crippen molar-refractivity contribution in [2.45, 2.75) is 90.5 Å². The third-order valence-electron chi connectivity index (χ3n) is 6.83. The molecule has 4 nitrogen and oxygen atoms in total. The van der Waals surface area contributed by atoms with Gasteiger partial charge in [0.05, 0.1) is 39.0 Å². The average Bonchev–Trinajstić information content (AvgIpc) is 2.75. The third kappa shape index (κ3) is 11.6. The van der Waals surface area contributed by atoms with Crippen LogP contribution in [0.15, 0.2) is 30.3 Å². The number of quaternary nitrogens is 1. The first-order valence-corrected chi connectivity index (χ1v) is 14.4. The van der Waals surface area contributed by atoms with Crippen molar-refractivity contribution < 1.29 is 29.9 Å². The largest absolute Gasteiger partial charge is 1.00 e. The van der Waals surface area contributed by atoms with Crippen molar-refractivity contribution in [2.24, 2.45) is 0 Å². The number of sulfonamides is 1. The minimum atomic E-state index is -3.10. The molecule has 1 saturated heterocycles. The smallest absolute Gasteiger partial charge is 0.214 e. The molecule has 1 aliphatic heterocycles. The molecule has 0 amide bonds. The van der Waals surface area contributed by atoms with Gasteiger partial charge in [-0.25, -0.2) is 8.42 Å². The van der Waals surface area contributed by atoms with Crippen LogP contribution in [0, 0.1) is 0 Å². The summed E-state index contributed by atoms with van der Waals surface area (Å²) >= 11 is 0. The van der Waals surface area contributed by atoms with Gasteiger partial charge in [-0.05, 0) is 6.42 Å². The molecule has 0 saturated carbocycles. The van der Waals surface area contributed by atoms with Gasteiger partial charge < -0.3 is 21.5 Å². The third-order valence-corrected chi connectivity index (χ3v) is 8.79. The van der Waals surface area contributed by atoms with Crippen LogP contribution in [0.4, 0.5) is 0 Å². The van der Waals surface area contributed by atoms with Crippen molar-refractivity contribution in [2.75, 3.05) is 39.0 Å². The van der Waals surface area contributed by atoms with Crippen molar-refractivity contribution in [3.8, 4) is 0 Å². The molecular formula is C26H47BrN2O2S. The quantitative estimate of drug-likeness (QED) is 0.243. The molecule has 1 aromatic carbocycles. The van der Waals surface area contributed by atoms with Crippen LogP contribution in [-0.2, 0) is 16.6 Å². The van der Waals surface area contributed by atoms with Gasteiger partial charge in [0.15, 0.2) is 0 Å². The average molecular weight is 532 g/mol. The molecular weight excluding hydrogens is 484 g/mol. The van der Waals surface area contributed by atoms with Gasteiger partial charge >= 0.3 is 0 Å². The normalized spacial score (nSPS) is 16.6. The Morgan fingerprint density at radius 3 is 1.75 bits per heavy atom. The molecule has 0 bridgehead atoms. The number of benzene rings is 1. The molecule has 0 aliphatic carbocycles. The summed E-state index contributed by atoms with van der Waals surface area (Å²) in [6, 6.07) is 10.5. The first-order valence-electron chi connectivity index (χ1n) is 12.8. The molecule has 0 aromatic heterocycles. The molecule has 0 spiro atoms. The number of rotatable bonds is 16. The van der Waals surface area contributed by atoms with E-state index in [1.54, 1.807) is 4.31 Å². The molecule has 0 N–H and O–H groups in total. The Morgan fingerprint density at radius 1 is 0.781 bits per heavy atom. The molecule has 0 atom stereocenters. The van der Waals surface area contributed by atoms with Crippen LogP contribution >= 0.6 is 0 Å². The van der Waals surface area contributed by atoms with Crippen molar-refractivity contribution in [3.63, 3.8) is 0 Å². The lowest BCUT2D eigenvalue weighted by Crippen LogP contribution is -3.00. The van der Waals surface area contributed by atoms with Crippen LogP contribution in [0.25, 0.3) is 0 Å². The highest BCUT2D eigenvalue weighted by Crippen LogP contribution is 2.19. The summed E-state index contributed by atoms with van der Waals surface area (Å²) < 4.78 is 28.2. The first kappa shape index (κ1) is 29.6. The van der Waals surface area contributed by atoms with E-state index in [4.69, 9.17) is 0 Å². The highest BCUT2D eigenvalue weighted by molar-refractivity contribution is 7.89. The van der Waals surface area contributed by atoms with Gasteiger partial charge in [0, 0.05) is 5.56 Å². The Morgan fingerprint density at radius 2 is 1.25 bits per heavy atom. The van der Waals surface area contributed by atoms with Crippen LogP contribution < -0.4 is 17.0 Å². The fraction of sp³-hybridized carbons (Fsp3) is 0.769. The fourth-order valence-electron chi connectivity index (χ4n) is 4.64. The maximum absolute atomic E-state index is 12.8. The lowest BCUT2D eigenvalue weighted by Gasteiger charge is -2.41. The molecule has 1 heterocycles. The molecule has 1 aromatic rings. The van der Waals surface area contributed by atoms with Gasteiger partial charge in [0.2, 0.25) is 10.0 Å². The number of likely N-dealkylation sites (N-methyl/N-ethyl adjacent to an activating group) is 1. The highest BCUT2D eigenvalue weighted by Gasteiger charge is 2.34. The molecule has 1 fully saturated rings. The van der Waals surface area contributed by atoms with Gasteiger partial charge in [-0.1, -0.05) is 108 Å². The van der Waals surface area contributed by atoms with Crippen LogP contribution in [0.2, 0.25) is 0 Å². The number of hydrogen-bond donors (Lipinski definition) is 0. The van der Waals surface area contributed by atoms with E-state index < -0.39 is 10.0 Å². The van der Waals surface area contributed by atoms with Gasteiger partial charge in [-0.3, -0.25) is 0 Å². The van der Waals surface area contributed by atoms with E-state index in [1.165, 1.54) is 69.8 Å². The van der Waals surface area contributed by atoms with Crippen LogP contribution in [0.1, 0.15) is 89.5 Å². The van der Waals surface area contributed by atoms with Gasteiger partial charge in [0.1, 0.15) is 6.54 Å². The second kappa shape index (κ2) is 16.2.